The van der Waals surface area contributed by atoms with E-state index in [0.29, 0.717) is 5.69 Å². The molecule has 25 heavy (non-hydrogen) atoms. The van der Waals surface area contributed by atoms with E-state index in [9.17, 15) is 18.0 Å². The molecule has 1 aliphatic rings. The van der Waals surface area contributed by atoms with Crippen LogP contribution in [0.15, 0.2) is 36.7 Å². The van der Waals surface area contributed by atoms with Crippen molar-refractivity contribution < 1.29 is 18.0 Å². The van der Waals surface area contributed by atoms with Gasteiger partial charge in [0.05, 0.1) is 29.3 Å². The van der Waals surface area contributed by atoms with Crippen molar-refractivity contribution in [1.29, 1.82) is 0 Å². The van der Waals surface area contributed by atoms with Crippen LogP contribution in [0.1, 0.15) is 25.3 Å². The van der Waals surface area contributed by atoms with Gasteiger partial charge in [-0.15, -0.1) is 0 Å². The molecule has 8 heteroatoms. The smallest absolute Gasteiger partial charge is 0.323 e. The molecule has 2 aromatic rings. The highest BCUT2D eigenvalue weighted by molar-refractivity contribution is 5.92. The normalized spacial score (nSPS) is 21.1. The Kier molecular flexibility index (Phi) is 4.80. The maximum atomic E-state index is 12.8. The number of halogens is 3. The lowest BCUT2D eigenvalue weighted by atomic mass is 9.92. The molecule has 0 bridgehead atoms. The van der Waals surface area contributed by atoms with Gasteiger partial charge < -0.3 is 10.6 Å². The van der Waals surface area contributed by atoms with Crippen molar-refractivity contribution in [2.45, 2.75) is 32.0 Å². The number of nitrogens with one attached hydrogen (secondary N) is 2. The van der Waals surface area contributed by atoms with Crippen LogP contribution in [0.5, 0.6) is 0 Å². The van der Waals surface area contributed by atoms with Crippen molar-refractivity contribution >= 4 is 11.6 Å². The number of piperidine rings is 1. The van der Waals surface area contributed by atoms with E-state index in [1.165, 1.54) is 29.2 Å². The molecule has 1 saturated heterocycles. The third kappa shape index (κ3) is 4.19. The van der Waals surface area contributed by atoms with Crippen molar-refractivity contribution in [3.05, 3.63) is 42.2 Å². The highest BCUT2D eigenvalue weighted by atomic mass is 19.4. The maximum absolute atomic E-state index is 12.8. The average molecular weight is 352 g/mol. The third-order valence-electron chi connectivity index (χ3n) is 4.28. The second-order valence-corrected chi connectivity index (χ2v) is 6.29. The van der Waals surface area contributed by atoms with Crippen molar-refractivity contribution in [3.8, 4) is 5.69 Å². The predicted octanol–water partition coefficient (Wildman–Crippen LogP) is 3.22. The van der Waals surface area contributed by atoms with Crippen LogP contribution in [-0.4, -0.2) is 28.3 Å². The summed E-state index contributed by atoms with van der Waals surface area (Å²) in [5.41, 5.74) is 0.00851. The maximum Gasteiger partial charge on any atom is 0.416 e. The first-order valence-electron chi connectivity index (χ1n) is 8.09. The largest absolute Gasteiger partial charge is 0.416 e. The van der Waals surface area contributed by atoms with Gasteiger partial charge in [0.2, 0.25) is 5.91 Å². The van der Waals surface area contributed by atoms with E-state index < -0.39 is 11.7 Å². The molecule has 2 heterocycles. The molecule has 1 aromatic heterocycles. The van der Waals surface area contributed by atoms with Gasteiger partial charge >= 0.3 is 6.18 Å². The van der Waals surface area contributed by atoms with E-state index >= 15 is 0 Å². The molecule has 0 saturated carbocycles. The Morgan fingerprint density at radius 1 is 1.40 bits per heavy atom. The van der Waals surface area contributed by atoms with Crippen molar-refractivity contribution in [2.75, 3.05) is 11.9 Å². The third-order valence-corrected chi connectivity index (χ3v) is 4.28. The molecule has 1 amide bonds. The fourth-order valence-electron chi connectivity index (χ4n) is 2.97. The van der Waals surface area contributed by atoms with E-state index in [1.54, 1.807) is 0 Å². The number of benzene rings is 1. The Hall–Kier alpha value is -2.35. The van der Waals surface area contributed by atoms with Gasteiger partial charge in [-0.3, -0.25) is 4.79 Å². The molecule has 2 N–H and O–H groups in total. The molecule has 2 atom stereocenters. The summed E-state index contributed by atoms with van der Waals surface area (Å²) in [6, 6.07) is 5.18. The minimum Gasteiger partial charge on any atom is -0.323 e. The second-order valence-electron chi connectivity index (χ2n) is 6.29. The SMILES string of the molecule is C[C@H]1C[C@@H](C(=O)Nc2cnn(-c3cccc(C(F)(F)F)c3)c2)CCN1. The number of rotatable bonds is 3. The summed E-state index contributed by atoms with van der Waals surface area (Å²) < 4.78 is 39.7. The van der Waals surface area contributed by atoms with Crippen molar-refractivity contribution in [1.82, 2.24) is 15.1 Å². The molecule has 1 aliphatic heterocycles. The highest BCUT2D eigenvalue weighted by Gasteiger charge is 2.30. The summed E-state index contributed by atoms with van der Waals surface area (Å²) in [6.45, 7) is 2.83. The van der Waals surface area contributed by atoms with E-state index in [2.05, 4.69) is 15.7 Å². The number of anilines is 1. The van der Waals surface area contributed by atoms with Crippen LogP contribution in [0.3, 0.4) is 0 Å². The number of hydrogen-bond acceptors (Lipinski definition) is 3. The summed E-state index contributed by atoms with van der Waals surface area (Å²) in [4.78, 5) is 12.3. The van der Waals surface area contributed by atoms with Crippen LogP contribution in [-0.2, 0) is 11.0 Å². The zero-order chi connectivity index (χ0) is 18.0. The zero-order valence-corrected chi connectivity index (χ0v) is 13.7. The Balaban J connectivity index is 1.71. The Labute approximate surface area is 143 Å². The monoisotopic (exact) mass is 352 g/mol. The Morgan fingerprint density at radius 2 is 2.20 bits per heavy atom. The lowest BCUT2D eigenvalue weighted by Gasteiger charge is -2.26. The lowest BCUT2D eigenvalue weighted by molar-refractivity contribution is -0.137. The molecular weight excluding hydrogens is 333 g/mol. The molecule has 1 fully saturated rings. The van der Waals surface area contributed by atoms with E-state index in [0.717, 1.165) is 31.5 Å². The van der Waals surface area contributed by atoms with Crippen LogP contribution < -0.4 is 10.6 Å². The predicted molar refractivity (Wildman–Crippen MR) is 87.4 cm³/mol. The quantitative estimate of drug-likeness (QED) is 0.892. The molecule has 0 radical (unpaired) electrons. The van der Waals surface area contributed by atoms with Gasteiger partial charge in [-0.1, -0.05) is 6.07 Å². The molecule has 0 aliphatic carbocycles. The van der Waals surface area contributed by atoms with Gasteiger partial charge in [-0.2, -0.15) is 18.3 Å². The Morgan fingerprint density at radius 3 is 2.92 bits per heavy atom. The number of hydrogen-bond donors (Lipinski definition) is 2. The van der Waals surface area contributed by atoms with Gasteiger partial charge in [-0.05, 0) is 44.5 Å². The molecule has 0 spiro atoms. The van der Waals surface area contributed by atoms with Crippen LogP contribution in [0.25, 0.3) is 5.69 Å². The van der Waals surface area contributed by atoms with Crippen LogP contribution in [0.4, 0.5) is 18.9 Å². The fourth-order valence-corrected chi connectivity index (χ4v) is 2.97. The van der Waals surface area contributed by atoms with Crippen LogP contribution >= 0.6 is 0 Å². The van der Waals surface area contributed by atoms with Crippen LogP contribution in [0, 0.1) is 5.92 Å². The molecule has 3 rings (SSSR count). The van der Waals surface area contributed by atoms with Gasteiger partial charge in [0.1, 0.15) is 0 Å². The van der Waals surface area contributed by atoms with Gasteiger partial charge in [0, 0.05) is 12.0 Å². The summed E-state index contributed by atoms with van der Waals surface area (Å²) in [5.74, 6) is -0.162. The van der Waals surface area contributed by atoms with Crippen molar-refractivity contribution in [3.63, 3.8) is 0 Å². The van der Waals surface area contributed by atoms with Gasteiger partial charge in [0.25, 0.3) is 0 Å². The number of carbonyl (C=O) groups excluding carboxylic acids is 1. The van der Waals surface area contributed by atoms with Crippen LogP contribution in [0.2, 0.25) is 0 Å². The second kappa shape index (κ2) is 6.87. The molecule has 134 valence electrons. The molecular formula is C17H19F3N4O. The van der Waals surface area contributed by atoms with E-state index in [1.807, 2.05) is 6.92 Å². The zero-order valence-electron chi connectivity index (χ0n) is 13.7. The topological polar surface area (TPSA) is 59.0 Å². The number of alkyl halides is 3. The summed E-state index contributed by atoms with van der Waals surface area (Å²) in [7, 11) is 0. The summed E-state index contributed by atoms with van der Waals surface area (Å²) in [5, 5.41) is 10.1. The Bertz CT molecular complexity index is 756. The summed E-state index contributed by atoms with van der Waals surface area (Å²) in [6.07, 6.45) is 0.0536. The first-order valence-corrected chi connectivity index (χ1v) is 8.09. The number of nitrogens with zero attached hydrogens (tertiary/aromatic N) is 2. The highest BCUT2D eigenvalue weighted by Crippen LogP contribution is 2.30. The first-order chi connectivity index (χ1) is 11.8. The van der Waals surface area contributed by atoms with E-state index in [-0.39, 0.29) is 23.6 Å². The number of carbonyl (C=O) groups is 1. The first kappa shape index (κ1) is 17.5. The van der Waals surface area contributed by atoms with Gasteiger partial charge in [-0.25, -0.2) is 4.68 Å². The molecule has 5 nitrogen and oxygen atoms in total. The number of amides is 1. The standard InChI is InChI=1S/C17H19F3N4O/c1-11-7-12(5-6-21-11)16(25)23-14-9-22-24(10-14)15-4-2-3-13(8-15)17(18,19)20/h2-4,8-12,21H,5-7H2,1H3,(H,23,25)/t11-,12-/m0/s1. The molecule has 1 aromatic carbocycles. The molecule has 0 unspecified atom stereocenters. The van der Waals surface area contributed by atoms with E-state index in [4.69, 9.17) is 0 Å². The minimum absolute atomic E-state index is 0.0758. The fraction of sp³-hybridized carbons (Fsp3) is 0.412. The minimum atomic E-state index is -4.41. The summed E-state index contributed by atoms with van der Waals surface area (Å²) >= 11 is 0. The van der Waals surface area contributed by atoms with Gasteiger partial charge in [0.15, 0.2) is 0 Å². The average Bonchev–Trinajstić information content (AvgIpc) is 3.03. The number of aromatic nitrogens is 2. The lowest BCUT2D eigenvalue weighted by Crippen LogP contribution is -2.40. The van der Waals surface area contributed by atoms with Crippen molar-refractivity contribution in [2.24, 2.45) is 5.92 Å².